The first-order valence-corrected chi connectivity index (χ1v) is 22.4. The van der Waals surface area contributed by atoms with Gasteiger partial charge in [-0.05, 0) is 70.3 Å². The van der Waals surface area contributed by atoms with E-state index >= 15 is 0 Å². The average Bonchev–Trinajstić information content (AvgIpc) is 3.12. The van der Waals surface area contributed by atoms with Crippen molar-refractivity contribution in [1.82, 2.24) is 0 Å². The van der Waals surface area contributed by atoms with Crippen molar-refractivity contribution >= 4 is 25.5 Å². The summed E-state index contributed by atoms with van der Waals surface area (Å²) in [4.78, 5) is 49.2. The normalized spacial score (nSPS) is 14.1. The lowest BCUT2D eigenvalue weighted by molar-refractivity contribution is -0.870. The predicted octanol–water partition coefficient (Wildman–Crippen LogP) is 10.2. The van der Waals surface area contributed by atoms with E-state index in [1.54, 1.807) is 6.08 Å². The SMILES string of the molecule is CC/C=C\C/C=C\C/C=C\CCCCCCCC(=O)OC[C@H](COP(=O)([O-])OCC[N+](C)(C)C)OC(=O)CCCCCCC/C=C\C=C\C(=O)CCCCC. The van der Waals surface area contributed by atoms with Crippen LogP contribution in [0.5, 0.6) is 0 Å². The van der Waals surface area contributed by atoms with Crippen molar-refractivity contribution in [2.45, 2.75) is 155 Å². The van der Waals surface area contributed by atoms with Crippen LogP contribution in [0.1, 0.15) is 149 Å². The summed E-state index contributed by atoms with van der Waals surface area (Å²) >= 11 is 0. The van der Waals surface area contributed by atoms with Gasteiger partial charge in [0.05, 0.1) is 27.7 Å². The molecule has 0 saturated carbocycles. The Hall–Kier alpha value is -2.62. The van der Waals surface area contributed by atoms with E-state index in [4.69, 9.17) is 18.5 Å². The van der Waals surface area contributed by atoms with Crippen LogP contribution >= 0.6 is 7.82 Å². The molecule has 0 spiro atoms. The van der Waals surface area contributed by atoms with Crippen molar-refractivity contribution in [2.75, 3.05) is 47.5 Å². The van der Waals surface area contributed by atoms with E-state index in [2.05, 4.69) is 56.4 Å². The summed E-state index contributed by atoms with van der Waals surface area (Å²) < 4.78 is 33.8. The molecule has 0 saturated heterocycles. The lowest BCUT2D eigenvalue weighted by Gasteiger charge is -2.28. The molecule has 0 aromatic rings. The molecule has 0 aliphatic carbocycles. The van der Waals surface area contributed by atoms with Crippen LogP contribution in [0.2, 0.25) is 0 Å². The maximum atomic E-state index is 12.6. The van der Waals surface area contributed by atoms with Gasteiger partial charge in [0.1, 0.15) is 19.8 Å². The maximum absolute atomic E-state index is 12.6. The smallest absolute Gasteiger partial charge is 0.306 e. The number of ether oxygens (including phenoxy) is 2. The highest BCUT2D eigenvalue weighted by Crippen LogP contribution is 2.38. The number of unbranched alkanes of at least 4 members (excludes halogenated alkanes) is 12. The summed E-state index contributed by atoms with van der Waals surface area (Å²) in [7, 11) is 1.09. The zero-order chi connectivity index (χ0) is 40.9. The third-order valence-corrected chi connectivity index (χ3v) is 9.46. The molecule has 0 aromatic carbocycles. The lowest BCUT2D eigenvalue weighted by atomic mass is 10.1. The summed E-state index contributed by atoms with van der Waals surface area (Å²) in [5, 5.41) is 0. The summed E-state index contributed by atoms with van der Waals surface area (Å²) in [6.45, 7) is 3.86. The first-order chi connectivity index (χ1) is 26.4. The first-order valence-electron chi connectivity index (χ1n) is 20.9. The highest BCUT2D eigenvalue weighted by Gasteiger charge is 2.21. The molecule has 0 bridgehead atoms. The summed E-state index contributed by atoms with van der Waals surface area (Å²) in [5.74, 6) is -0.751. The van der Waals surface area contributed by atoms with Crippen molar-refractivity contribution < 1.29 is 46.8 Å². The van der Waals surface area contributed by atoms with Gasteiger partial charge in [0.25, 0.3) is 7.82 Å². The molecule has 0 aliphatic heterocycles. The van der Waals surface area contributed by atoms with Crippen molar-refractivity contribution in [2.24, 2.45) is 0 Å². The molecule has 0 amide bonds. The molecule has 0 rings (SSSR count). The Labute approximate surface area is 334 Å². The van der Waals surface area contributed by atoms with Gasteiger partial charge in [0.2, 0.25) is 0 Å². The molecule has 316 valence electrons. The lowest BCUT2D eigenvalue weighted by Crippen LogP contribution is -2.37. The Morgan fingerprint density at radius 2 is 1.20 bits per heavy atom. The monoisotopic (exact) mass is 794 g/mol. The van der Waals surface area contributed by atoms with E-state index in [-0.39, 0.29) is 31.8 Å². The van der Waals surface area contributed by atoms with E-state index in [1.807, 2.05) is 33.3 Å². The molecular weight excluding hydrogens is 717 g/mol. The van der Waals surface area contributed by atoms with Crippen LogP contribution in [-0.4, -0.2) is 75.8 Å². The van der Waals surface area contributed by atoms with Crippen LogP contribution in [0.3, 0.4) is 0 Å². The van der Waals surface area contributed by atoms with Gasteiger partial charge < -0.3 is 27.9 Å². The van der Waals surface area contributed by atoms with Gasteiger partial charge in [0.15, 0.2) is 11.9 Å². The molecule has 2 atom stereocenters. The number of esters is 2. The number of hydrogen-bond donors (Lipinski definition) is 0. The fourth-order valence-electron chi connectivity index (χ4n) is 5.18. The van der Waals surface area contributed by atoms with Gasteiger partial charge in [-0.1, -0.05) is 120 Å². The number of phosphoric acid groups is 1. The molecule has 0 aliphatic rings. The molecule has 0 heterocycles. The third-order valence-electron chi connectivity index (χ3n) is 8.50. The van der Waals surface area contributed by atoms with Crippen LogP contribution < -0.4 is 4.89 Å². The molecule has 0 N–H and O–H groups in total. The minimum absolute atomic E-state index is 0.0526. The fourth-order valence-corrected chi connectivity index (χ4v) is 5.91. The molecular formula is C44H76NO9P. The Morgan fingerprint density at radius 1 is 0.636 bits per heavy atom. The maximum Gasteiger partial charge on any atom is 0.306 e. The van der Waals surface area contributed by atoms with Crippen LogP contribution in [0.25, 0.3) is 0 Å². The van der Waals surface area contributed by atoms with Gasteiger partial charge in [-0.2, -0.15) is 0 Å². The zero-order valence-electron chi connectivity index (χ0n) is 35.1. The molecule has 0 aromatic heterocycles. The average molecular weight is 794 g/mol. The number of quaternary nitrogens is 1. The van der Waals surface area contributed by atoms with Gasteiger partial charge in [-0.15, -0.1) is 0 Å². The summed E-state index contributed by atoms with van der Waals surface area (Å²) in [6, 6.07) is 0. The van der Waals surface area contributed by atoms with Gasteiger partial charge in [-0.25, -0.2) is 0 Å². The third kappa shape index (κ3) is 39.4. The Balaban J connectivity index is 4.50. The number of carbonyl (C=O) groups excluding carboxylic acids is 3. The van der Waals surface area contributed by atoms with Crippen molar-refractivity contribution in [3.8, 4) is 0 Å². The number of hydrogen-bond acceptors (Lipinski definition) is 9. The molecule has 10 nitrogen and oxygen atoms in total. The number of rotatable bonds is 37. The van der Waals surface area contributed by atoms with E-state index in [0.717, 1.165) is 103 Å². The van der Waals surface area contributed by atoms with Gasteiger partial charge in [-0.3, -0.25) is 18.9 Å². The zero-order valence-corrected chi connectivity index (χ0v) is 36.0. The first kappa shape index (κ1) is 52.4. The van der Waals surface area contributed by atoms with Crippen LogP contribution in [0.4, 0.5) is 0 Å². The summed E-state index contributed by atoms with van der Waals surface area (Å²) in [6.07, 6.45) is 38.0. The van der Waals surface area contributed by atoms with E-state index in [1.165, 1.54) is 0 Å². The Kier molecular flexibility index (Phi) is 34.1. The Bertz CT molecular complexity index is 1190. The highest BCUT2D eigenvalue weighted by atomic mass is 31.2. The van der Waals surface area contributed by atoms with Crippen molar-refractivity contribution in [1.29, 1.82) is 0 Å². The second-order valence-electron chi connectivity index (χ2n) is 15.0. The van der Waals surface area contributed by atoms with Crippen LogP contribution in [-0.2, 0) is 37.5 Å². The van der Waals surface area contributed by atoms with Gasteiger partial charge >= 0.3 is 11.9 Å². The van der Waals surface area contributed by atoms with E-state index < -0.39 is 32.5 Å². The van der Waals surface area contributed by atoms with E-state index in [0.29, 0.717) is 30.3 Å². The number of ketones is 1. The fraction of sp³-hybridized carbons (Fsp3) is 0.705. The molecule has 0 radical (unpaired) electrons. The molecule has 1 unspecified atom stereocenters. The highest BCUT2D eigenvalue weighted by molar-refractivity contribution is 7.45. The number of phosphoric ester groups is 1. The van der Waals surface area contributed by atoms with Gasteiger partial charge in [0, 0.05) is 19.3 Å². The van der Waals surface area contributed by atoms with Crippen molar-refractivity contribution in [3.05, 3.63) is 60.8 Å². The van der Waals surface area contributed by atoms with Crippen LogP contribution in [0.15, 0.2) is 60.8 Å². The van der Waals surface area contributed by atoms with Crippen molar-refractivity contribution in [3.63, 3.8) is 0 Å². The quantitative estimate of drug-likeness (QED) is 0.0115. The number of nitrogens with zero attached hydrogens (tertiary/aromatic N) is 1. The predicted molar refractivity (Wildman–Crippen MR) is 222 cm³/mol. The Morgan fingerprint density at radius 3 is 1.84 bits per heavy atom. The minimum atomic E-state index is -4.65. The molecule has 11 heteroatoms. The topological polar surface area (TPSA) is 128 Å². The largest absolute Gasteiger partial charge is 0.756 e. The summed E-state index contributed by atoms with van der Waals surface area (Å²) in [5.41, 5.74) is 0. The second-order valence-corrected chi connectivity index (χ2v) is 16.4. The number of likely N-dealkylation sites (N-methyl/N-ethyl adjacent to an activating group) is 1. The second kappa shape index (κ2) is 35.8. The van der Waals surface area contributed by atoms with Crippen LogP contribution in [0, 0.1) is 0 Å². The molecule has 55 heavy (non-hydrogen) atoms. The number of carbonyl (C=O) groups is 3. The standard InChI is InChI=1S/C44H76NO9P/c1-6-8-10-11-12-13-14-15-16-17-18-21-24-27-31-35-43(47)51-39-42(40-53-55(49,50)52-38-37-45(3,4)5)54-44(48)36-32-28-25-22-19-20-23-26-30-34-41(46)33-29-9-7-2/h8,10,12-13,15-16,23,26,30,34,42H,6-7,9,11,14,17-22,24-25,27-29,31-33,35-40H2,1-5H3/b10-8-,13-12-,16-15-,26-23-,34-30+/t42-/m1/s1. The van der Waals surface area contributed by atoms with E-state index in [9.17, 15) is 23.8 Å². The minimum Gasteiger partial charge on any atom is -0.756 e. The number of allylic oxidation sites excluding steroid dienone is 10. The molecule has 0 fully saturated rings.